The zero-order valence-corrected chi connectivity index (χ0v) is 29.0. The molecule has 0 unspecified atom stereocenters. The Kier molecular flexibility index (Phi) is 9.12. The van der Waals surface area contributed by atoms with Crippen molar-refractivity contribution in [3.8, 4) is 17.1 Å². The van der Waals surface area contributed by atoms with Crippen LogP contribution in [0.25, 0.3) is 11.3 Å². The minimum atomic E-state index is -4.14. The Balaban J connectivity index is 1.34. The number of aryl methyl sites for hydroxylation is 2. The Morgan fingerprint density at radius 3 is 2.48 bits per heavy atom. The molecule has 2 amide bonds. The third-order valence-corrected chi connectivity index (χ3v) is 10.5. The first-order valence-electron chi connectivity index (χ1n) is 16.5. The van der Waals surface area contributed by atoms with E-state index in [2.05, 4.69) is 24.9 Å². The third kappa shape index (κ3) is 7.41. The summed E-state index contributed by atoms with van der Waals surface area (Å²) in [5.74, 6) is -0.217. The zero-order valence-electron chi connectivity index (χ0n) is 28.2. The molecule has 6 rings (SSSR count). The van der Waals surface area contributed by atoms with E-state index in [9.17, 15) is 18.0 Å². The summed E-state index contributed by atoms with van der Waals surface area (Å²) < 4.78 is 41.5. The maximum atomic E-state index is 14.0. The van der Waals surface area contributed by atoms with Gasteiger partial charge in [0.25, 0.3) is 15.9 Å². The summed E-state index contributed by atoms with van der Waals surface area (Å²) in [4.78, 5) is 39.9. The van der Waals surface area contributed by atoms with E-state index >= 15 is 0 Å². The highest BCUT2D eigenvalue weighted by Gasteiger charge is 2.41. The lowest BCUT2D eigenvalue weighted by atomic mass is 9.95. The number of ether oxygens (including phenoxy) is 2. The number of alkyl carbamates (subject to hydrolysis) is 1. The van der Waals surface area contributed by atoms with Crippen LogP contribution in [0.15, 0.2) is 53.4 Å². The van der Waals surface area contributed by atoms with Crippen molar-refractivity contribution in [2.24, 2.45) is 0 Å². The highest BCUT2D eigenvalue weighted by atomic mass is 32.2. The number of rotatable bonds is 4. The summed E-state index contributed by atoms with van der Waals surface area (Å²) >= 11 is 0. The second kappa shape index (κ2) is 13.0. The van der Waals surface area contributed by atoms with Gasteiger partial charge >= 0.3 is 6.09 Å². The number of carbonyl (C=O) groups is 2. The number of nitrogens with one attached hydrogen (secondary N) is 2. The van der Waals surface area contributed by atoms with Crippen molar-refractivity contribution in [1.29, 1.82) is 0 Å². The largest absolute Gasteiger partial charge is 0.475 e. The number of anilines is 1. The van der Waals surface area contributed by atoms with Crippen molar-refractivity contribution in [2.45, 2.75) is 82.4 Å². The van der Waals surface area contributed by atoms with E-state index in [1.54, 1.807) is 23.1 Å². The topological polar surface area (TPSA) is 143 Å². The number of sulfonamides is 1. The third-order valence-electron chi connectivity index (χ3n) is 9.16. The van der Waals surface area contributed by atoms with Gasteiger partial charge in [-0.15, -0.1) is 0 Å². The molecule has 3 aliphatic rings. The predicted octanol–water partition coefficient (Wildman–Crippen LogP) is 4.92. The van der Waals surface area contributed by atoms with Gasteiger partial charge in [-0.25, -0.2) is 22.9 Å². The van der Waals surface area contributed by atoms with Gasteiger partial charge in [-0.2, -0.15) is 4.98 Å². The second-order valence-electron chi connectivity index (χ2n) is 14.1. The molecule has 0 spiro atoms. The number of aromatic nitrogens is 2. The van der Waals surface area contributed by atoms with Crippen LogP contribution < -0.4 is 14.8 Å². The number of hydrogen-bond donors (Lipinski definition) is 2. The number of benzene rings is 2. The lowest BCUT2D eigenvalue weighted by molar-refractivity contribution is 0.0210. The van der Waals surface area contributed by atoms with Gasteiger partial charge in [0.15, 0.2) is 0 Å². The molecule has 256 valence electrons. The predicted molar refractivity (Wildman–Crippen MR) is 182 cm³/mol. The molecule has 1 saturated carbocycles. The van der Waals surface area contributed by atoms with E-state index in [0.29, 0.717) is 31.9 Å². The van der Waals surface area contributed by atoms with Crippen LogP contribution in [-0.2, 0) is 14.8 Å². The van der Waals surface area contributed by atoms with Crippen molar-refractivity contribution in [3.05, 3.63) is 65.2 Å². The average molecular weight is 677 g/mol. The van der Waals surface area contributed by atoms with Gasteiger partial charge in [0.2, 0.25) is 11.8 Å². The summed E-state index contributed by atoms with van der Waals surface area (Å²) in [7, 11) is -4.14. The SMILES string of the molecule is Cc1cccc(C)c1-c1cc2nc(n1)NS(=O)(=O)c1cccc(c1)C(=O)N1CCN(CC3(NC(=O)OC(C)(C)C)CCCC3)C[C@@H]1CO2. The van der Waals surface area contributed by atoms with Crippen LogP contribution in [-0.4, -0.2) is 90.2 Å². The van der Waals surface area contributed by atoms with E-state index in [4.69, 9.17) is 9.47 Å². The van der Waals surface area contributed by atoms with E-state index < -0.39 is 27.3 Å². The monoisotopic (exact) mass is 676 g/mol. The van der Waals surface area contributed by atoms with Crippen molar-refractivity contribution in [2.75, 3.05) is 37.5 Å². The molecule has 48 heavy (non-hydrogen) atoms. The molecule has 2 aromatic carbocycles. The van der Waals surface area contributed by atoms with Gasteiger partial charge in [-0.3, -0.25) is 9.69 Å². The standard InChI is InChI=1S/C35H44N6O6S/c1-23-10-8-11-24(2)30(23)28-19-29-37-32(36-28)39-48(44,45)27-13-9-12-25(18-27)31(42)41-17-16-40(20-26(41)21-46-29)22-35(14-6-7-15-35)38-33(43)47-34(3,4)5/h8-13,18-19,26H,6-7,14-17,20-22H2,1-5H3,(H,38,43)(H,36,37,39)/t26-/m1/s1. The second-order valence-corrected chi connectivity index (χ2v) is 15.8. The lowest BCUT2D eigenvalue weighted by Crippen LogP contribution is -2.62. The number of piperazine rings is 1. The summed E-state index contributed by atoms with van der Waals surface area (Å²) in [6, 6.07) is 13.2. The fraction of sp³-hybridized carbons (Fsp3) is 0.486. The van der Waals surface area contributed by atoms with Crippen LogP contribution in [0, 0.1) is 13.8 Å². The van der Waals surface area contributed by atoms with Crippen molar-refractivity contribution in [3.63, 3.8) is 0 Å². The molecule has 1 aliphatic carbocycles. The van der Waals surface area contributed by atoms with Crippen molar-refractivity contribution in [1.82, 2.24) is 25.1 Å². The van der Waals surface area contributed by atoms with Crippen LogP contribution in [0.2, 0.25) is 0 Å². The quantitative estimate of drug-likeness (QED) is 0.394. The summed E-state index contributed by atoms with van der Waals surface area (Å²) in [6.45, 7) is 11.7. The molecule has 12 nitrogen and oxygen atoms in total. The fourth-order valence-electron chi connectivity index (χ4n) is 7.01. The Labute approximate surface area is 282 Å². The van der Waals surface area contributed by atoms with Crippen molar-refractivity contribution >= 4 is 28.0 Å². The molecular formula is C35H44N6O6S. The van der Waals surface area contributed by atoms with Gasteiger partial charge in [0, 0.05) is 43.4 Å². The average Bonchev–Trinajstić information content (AvgIpc) is 3.45. The van der Waals surface area contributed by atoms with Crippen LogP contribution in [0.1, 0.15) is 67.9 Å². The summed E-state index contributed by atoms with van der Waals surface area (Å²) in [5.41, 5.74) is 2.54. The number of amides is 2. The van der Waals surface area contributed by atoms with E-state index in [-0.39, 0.29) is 40.8 Å². The number of nitrogens with zero attached hydrogens (tertiary/aromatic N) is 4. The number of hydrogen-bond acceptors (Lipinski definition) is 9. The summed E-state index contributed by atoms with van der Waals surface area (Å²) in [5, 5.41) is 3.19. The molecule has 13 heteroatoms. The van der Waals surface area contributed by atoms with E-state index in [1.165, 1.54) is 12.1 Å². The first-order valence-corrected chi connectivity index (χ1v) is 17.9. The fourth-order valence-corrected chi connectivity index (χ4v) is 8.00. The zero-order chi connectivity index (χ0) is 34.3. The molecule has 2 fully saturated rings. The normalized spacial score (nSPS) is 20.6. The van der Waals surface area contributed by atoms with Crippen LogP contribution >= 0.6 is 0 Å². The van der Waals surface area contributed by atoms with E-state index in [0.717, 1.165) is 42.4 Å². The minimum Gasteiger partial charge on any atom is -0.475 e. The molecule has 1 aromatic heterocycles. The molecule has 3 aromatic rings. The molecule has 1 atom stereocenters. The van der Waals surface area contributed by atoms with Gasteiger partial charge in [-0.05, 0) is 76.8 Å². The Bertz CT molecular complexity index is 1800. The van der Waals surface area contributed by atoms with Crippen LogP contribution in [0.3, 0.4) is 0 Å². The Hall–Kier alpha value is -4.23. The van der Waals surface area contributed by atoms with Gasteiger partial charge in [-0.1, -0.05) is 37.1 Å². The molecule has 2 N–H and O–H groups in total. The Morgan fingerprint density at radius 2 is 1.77 bits per heavy atom. The van der Waals surface area contributed by atoms with Crippen LogP contribution in [0.4, 0.5) is 10.7 Å². The molecule has 3 heterocycles. The van der Waals surface area contributed by atoms with Gasteiger partial charge in [0.1, 0.15) is 12.2 Å². The van der Waals surface area contributed by atoms with Crippen LogP contribution in [0.5, 0.6) is 5.88 Å². The molecular weight excluding hydrogens is 632 g/mol. The summed E-state index contributed by atoms with van der Waals surface area (Å²) in [6.07, 6.45) is 3.27. The van der Waals surface area contributed by atoms with Crippen molar-refractivity contribution < 1.29 is 27.5 Å². The highest BCUT2D eigenvalue weighted by Crippen LogP contribution is 2.33. The highest BCUT2D eigenvalue weighted by molar-refractivity contribution is 7.92. The maximum Gasteiger partial charge on any atom is 0.408 e. The number of carbonyl (C=O) groups excluding carboxylic acids is 2. The molecule has 1 saturated heterocycles. The molecule has 2 aliphatic heterocycles. The van der Waals surface area contributed by atoms with Gasteiger partial charge < -0.3 is 19.7 Å². The number of fused-ring (bicyclic) bond motifs is 5. The first kappa shape index (κ1) is 33.7. The molecule has 4 bridgehead atoms. The maximum absolute atomic E-state index is 14.0. The lowest BCUT2D eigenvalue weighted by Gasteiger charge is -2.44. The molecule has 0 radical (unpaired) electrons. The minimum absolute atomic E-state index is 0.0669. The van der Waals surface area contributed by atoms with E-state index in [1.807, 2.05) is 52.8 Å². The first-order chi connectivity index (χ1) is 22.7. The smallest absolute Gasteiger partial charge is 0.408 e. The van der Waals surface area contributed by atoms with Gasteiger partial charge in [0.05, 0.1) is 22.2 Å². The Morgan fingerprint density at radius 1 is 1.06 bits per heavy atom.